The highest BCUT2D eigenvalue weighted by atomic mass is 32.2. The van der Waals surface area contributed by atoms with Gasteiger partial charge in [0.1, 0.15) is 17.6 Å². The zero-order chi connectivity index (χ0) is 24.2. The van der Waals surface area contributed by atoms with Gasteiger partial charge in [-0.2, -0.15) is 0 Å². The maximum absolute atomic E-state index is 13.4. The van der Waals surface area contributed by atoms with Crippen LogP contribution in [0.15, 0.2) is 64.9 Å². The van der Waals surface area contributed by atoms with E-state index in [1.807, 2.05) is 42.6 Å². The van der Waals surface area contributed by atoms with Gasteiger partial charge in [0, 0.05) is 22.6 Å². The van der Waals surface area contributed by atoms with Crippen LogP contribution in [0.2, 0.25) is 0 Å². The number of rotatable bonds is 7. The smallest absolute Gasteiger partial charge is 0.248 e. The summed E-state index contributed by atoms with van der Waals surface area (Å²) in [6.45, 7) is 1.97. The van der Waals surface area contributed by atoms with E-state index in [1.165, 1.54) is 41.3 Å². The van der Waals surface area contributed by atoms with E-state index >= 15 is 0 Å². The Hall–Kier alpha value is -3.01. The number of thioether (sulfide) groups is 1. The van der Waals surface area contributed by atoms with Crippen molar-refractivity contribution in [2.75, 3.05) is 5.32 Å². The van der Waals surface area contributed by atoms with Gasteiger partial charge in [-0.3, -0.25) is 14.4 Å². The number of aryl methyl sites for hydroxylation is 1. The number of para-hydroxylation sites is 1. The molecule has 34 heavy (non-hydrogen) atoms. The second-order valence-electron chi connectivity index (χ2n) is 8.13. The number of amides is 2. The first-order chi connectivity index (χ1) is 16.3. The highest BCUT2D eigenvalue weighted by molar-refractivity contribution is 8.00. The van der Waals surface area contributed by atoms with Crippen molar-refractivity contribution in [2.24, 2.45) is 5.73 Å². The van der Waals surface area contributed by atoms with Crippen LogP contribution in [-0.4, -0.2) is 29.7 Å². The lowest BCUT2D eigenvalue weighted by atomic mass is 10.0. The zero-order valence-corrected chi connectivity index (χ0v) is 20.0. The minimum Gasteiger partial charge on any atom is -0.342 e. The molecule has 1 aliphatic rings. The fourth-order valence-electron chi connectivity index (χ4n) is 3.79. The van der Waals surface area contributed by atoms with Gasteiger partial charge in [-0.15, -0.1) is 23.1 Å². The SMILES string of the molecule is Cc1ccsc1[C@H]1Sc2ccccc2NC(=O)[C@H]1NC(=O)[C@@H](N)CC(=O)Cc1cccc(F)c1. The van der Waals surface area contributed by atoms with Gasteiger partial charge >= 0.3 is 0 Å². The number of halogens is 1. The van der Waals surface area contributed by atoms with Crippen molar-refractivity contribution >= 4 is 46.4 Å². The molecule has 3 aromatic rings. The number of ketones is 1. The average molecular weight is 498 g/mol. The van der Waals surface area contributed by atoms with Gasteiger partial charge in [0.05, 0.1) is 17.0 Å². The fourth-order valence-corrected chi connectivity index (χ4v) is 6.34. The molecule has 2 heterocycles. The first kappa shape index (κ1) is 24.1. The molecule has 0 aliphatic carbocycles. The minimum absolute atomic E-state index is 0.0230. The standard InChI is InChI=1S/C25H24FN3O3S2/c1-14-9-10-33-22(14)23-21(25(32)28-19-7-2-3-8-20(19)34-23)29-24(31)18(27)13-17(30)12-15-5-4-6-16(26)11-15/h2-11,18,21,23H,12-13,27H2,1H3,(H,28,32)(H,29,31)/t18-,21-,23-/m0/s1. The fraction of sp³-hybridized carbons (Fsp3) is 0.240. The average Bonchev–Trinajstić information content (AvgIpc) is 3.16. The Morgan fingerprint density at radius 2 is 1.97 bits per heavy atom. The lowest BCUT2D eigenvalue weighted by molar-refractivity contribution is -0.129. The van der Waals surface area contributed by atoms with E-state index in [1.54, 1.807) is 6.07 Å². The molecule has 9 heteroatoms. The Morgan fingerprint density at radius 1 is 1.18 bits per heavy atom. The highest BCUT2D eigenvalue weighted by Gasteiger charge is 2.37. The molecule has 1 aromatic heterocycles. The van der Waals surface area contributed by atoms with Crippen LogP contribution in [0.5, 0.6) is 0 Å². The van der Waals surface area contributed by atoms with E-state index in [4.69, 9.17) is 5.73 Å². The second-order valence-corrected chi connectivity index (χ2v) is 10.3. The number of hydrogen-bond donors (Lipinski definition) is 3. The predicted molar refractivity (Wildman–Crippen MR) is 132 cm³/mol. The summed E-state index contributed by atoms with van der Waals surface area (Å²) in [5.74, 6) is -1.65. The van der Waals surface area contributed by atoms with Crippen LogP contribution in [0.1, 0.15) is 27.7 Å². The van der Waals surface area contributed by atoms with Crippen LogP contribution in [0.25, 0.3) is 0 Å². The molecular formula is C25H24FN3O3S2. The molecule has 0 saturated carbocycles. The van der Waals surface area contributed by atoms with Crippen LogP contribution in [-0.2, 0) is 20.8 Å². The van der Waals surface area contributed by atoms with Crippen molar-refractivity contribution in [3.8, 4) is 0 Å². The second kappa shape index (κ2) is 10.5. The molecular weight excluding hydrogens is 473 g/mol. The third-order valence-corrected chi connectivity index (χ3v) is 8.14. The van der Waals surface area contributed by atoms with E-state index < -0.39 is 23.8 Å². The lowest BCUT2D eigenvalue weighted by Gasteiger charge is -2.25. The largest absolute Gasteiger partial charge is 0.342 e. The summed E-state index contributed by atoms with van der Waals surface area (Å²) in [4.78, 5) is 40.4. The topological polar surface area (TPSA) is 101 Å². The van der Waals surface area contributed by atoms with Crippen LogP contribution in [0, 0.1) is 12.7 Å². The third kappa shape index (κ3) is 5.55. The number of nitrogens with one attached hydrogen (secondary N) is 2. The van der Waals surface area contributed by atoms with Crippen molar-refractivity contribution in [2.45, 2.75) is 42.0 Å². The van der Waals surface area contributed by atoms with E-state index in [-0.39, 0.29) is 29.8 Å². The van der Waals surface area contributed by atoms with Gasteiger partial charge in [0.15, 0.2) is 0 Å². The van der Waals surface area contributed by atoms with E-state index in [9.17, 15) is 18.8 Å². The highest BCUT2D eigenvalue weighted by Crippen LogP contribution is 2.46. The lowest BCUT2D eigenvalue weighted by Crippen LogP contribution is -2.52. The molecule has 2 amide bonds. The van der Waals surface area contributed by atoms with Crippen LogP contribution in [0.3, 0.4) is 0 Å². The number of nitrogens with two attached hydrogens (primary N) is 1. The van der Waals surface area contributed by atoms with E-state index in [0.29, 0.717) is 11.3 Å². The van der Waals surface area contributed by atoms with Crippen molar-refractivity contribution in [3.63, 3.8) is 0 Å². The van der Waals surface area contributed by atoms with Gasteiger partial charge in [-0.25, -0.2) is 4.39 Å². The summed E-state index contributed by atoms with van der Waals surface area (Å²) in [5, 5.41) is 7.27. The molecule has 0 unspecified atom stereocenters. The Labute approximate surface area is 205 Å². The molecule has 0 saturated heterocycles. The minimum atomic E-state index is -1.13. The van der Waals surface area contributed by atoms with Crippen molar-refractivity contribution in [3.05, 3.63) is 81.8 Å². The van der Waals surface area contributed by atoms with Gasteiger partial charge in [-0.05, 0) is 53.8 Å². The summed E-state index contributed by atoms with van der Waals surface area (Å²) in [6.07, 6.45) is -0.239. The summed E-state index contributed by atoms with van der Waals surface area (Å²) >= 11 is 3.03. The predicted octanol–water partition coefficient (Wildman–Crippen LogP) is 4.00. The van der Waals surface area contributed by atoms with Gasteiger partial charge in [0.2, 0.25) is 11.8 Å². The van der Waals surface area contributed by atoms with E-state index in [0.717, 1.165) is 15.3 Å². The van der Waals surface area contributed by atoms with Gasteiger partial charge in [0.25, 0.3) is 0 Å². The number of hydrogen-bond acceptors (Lipinski definition) is 6. The molecule has 2 aromatic carbocycles. The maximum atomic E-state index is 13.4. The number of carbonyl (C=O) groups excluding carboxylic acids is 3. The molecule has 3 atom stereocenters. The Morgan fingerprint density at radius 3 is 2.71 bits per heavy atom. The molecule has 0 bridgehead atoms. The number of Topliss-reactive ketones (excluding diaryl/α,β-unsaturated/α-hetero) is 1. The molecule has 4 rings (SSSR count). The Balaban J connectivity index is 1.49. The Bertz CT molecular complexity index is 1230. The number of fused-ring (bicyclic) bond motifs is 1. The van der Waals surface area contributed by atoms with Crippen molar-refractivity contribution in [1.82, 2.24) is 5.32 Å². The molecule has 6 nitrogen and oxygen atoms in total. The molecule has 0 radical (unpaired) electrons. The summed E-state index contributed by atoms with van der Waals surface area (Å²) in [7, 11) is 0. The normalized spacial score (nSPS) is 18.4. The van der Waals surface area contributed by atoms with Crippen molar-refractivity contribution in [1.29, 1.82) is 0 Å². The number of anilines is 1. The van der Waals surface area contributed by atoms with Crippen LogP contribution in [0.4, 0.5) is 10.1 Å². The number of carbonyl (C=O) groups is 3. The number of thiophene rings is 1. The number of benzene rings is 2. The van der Waals surface area contributed by atoms with Gasteiger partial charge < -0.3 is 16.4 Å². The summed E-state index contributed by atoms with van der Waals surface area (Å²) in [6, 6.07) is 13.2. The molecule has 0 fully saturated rings. The molecule has 176 valence electrons. The maximum Gasteiger partial charge on any atom is 0.248 e. The van der Waals surface area contributed by atoms with E-state index in [2.05, 4.69) is 10.6 Å². The zero-order valence-electron chi connectivity index (χ0n) is 18.4. The molecule has 0 spiro atoms. The quantitative estimate of drug-likeness (QED) is 0.458. The third-order valence-electron chi connectivity index (χ3n) is 5.52. The first-order valence-electron chi connectivity index (χ1n) is 10.7. The van der Waals surface area contributed by atoms with Crippen LogP contribution >= 0.6 is 23.1 Å². The molecule has 1 aliphatic heterocycles. The monoisotopic (exact) mass is 497 g/mol. The Kier molecular flexibility index (Phi) is 7.45. The van der Waals surface area contributed by atoms with Gasteiger partial charge in [-0.1, -0.05) is 24.3 Å². The molecule has 4 N–H and O–H groups in total. The summed E-state index contributed by atoms with van der Waals surface area (Å²) < 4.78 is 13.4. The van der Waals surface area contributed by atoms with Crippen LogP contribution < -0.4 is 16.4 Å². The van der Waals surface area contributed by atoms with Crippen molar-refractivity contribution < 1.29 is 18.8 Å². The summed E-state index contributed by atoms with van der Waals surface area (Å²) in [5.41, 5.74) is 8.27. The first-order valence-corrected chi connectivity index (χ1v) is 12.5.